The molecule has 3 aromatic carbocycles. The topological polar surface area (TPSA) is 55.4 Å². The summed E-state index contributed by atoms with van der Waals surface area (Å²) in [6.07, 6.45) is -0.0228. The van der Waals surface area contributed by atoms with Crippen LogP contribution in [0.25, 0.3) is 10.8 Å². The van der Waals surface area contributed by atoms with Gasteiger partial charge < -0.3 is 10.1 Å². The normalized spacial score (nSPS) is 16.2. The average Bonchev–Trinajstić information content (AvgIpc) is 2.60. The van der Waals surface area contributed by atoms with E-state index in [4.69, 9.17) is 4.74 Å². The molecule has 4 nitrogen and oxygen atoms in total. The number of esters is 1. The molecule has 1 unspecified atom stereocenters. The summed E-state index contributed by atoms with van der Waals surface area (Å²) < 4.78 is 18.9. The summed E-state index contributed by atoms with van der Waals surface area (Å²) in [4.78, 5) is 24.4. The second-order valence-corrected chi connectivity index (χ2v) is 5.97. The lowest BCUT2D eigenvalue weighted by Crippen LogP contribution is -2.29. The molecule has 0 spiro atoms. The monoisotopic (exact) mass is 335 g/mol. The van der Waals surface area contributed by atoms with E-state index in [-0.39, 0.29) is 12.3 Å². The number of nitrogens with one attached hydrogen (secondary N) is 1. The zero-order valence-electron chi connectivity index (χ0n) is 13.2. The van der Waals surface area contributed by atoms with E-state index in [0.29, 0.717) is 17.0 Å². The average molecular weight is 335 g/mol. The smallest absolute Gasteiger partial charge is 0.319 e. The Kier molecular flexibility index (Phi) is 3.69. The van der Waals surface area contributed by atoms with Gasteiger partial charge in [0.1, 0.15) is 11.6 Å². The molecular formula is C20H14FNO3. The molecule has 1 amide bonds. The highest BCUT2D eigenvalue weighted by Crippen LogP contribution is 2.34. The van der Waals surface area contributed by atoms with Crippen molar-refractivity contribution in [3.05, 3.63) is 72.0 Å². The fourth-order valence-electron chi connectivity index (χ4n) is 3.07. The van der Waals surface area contributed by atoms with Crippen molar-refractivity contribution in [2.24, 2.45) is 0 Å². The van der Waals surface area contributed by atoms with Crippen LogP contribution in [0.4, 0.5) is 10.1 Å². The molecular weight excluding hydrogens is 321 g/mol. The van der Waals surface area contributed by atoms with Crippen molar-refractivity contribution in [3.63, 3.8) is 0 Å². The van der Waals surface area contributed by atoms with Crippen LogP contribution < -0.4 is 10.1 Å². The van der Waals surface area contributed by atoms with Gasteiger partial charge in [-0.3, -0.25) is 9.59 Å². The van der Waals surface area contributed by atoms with Crippen LogP contribution in [-0.4, -0.2) is 11.9 Å². The van der Waals surface area contributed by atoms with E-state index in [1.54, 1.807) is 12.1 Å². The highest BCUT2D eigenvalue weighted by Gasteiger charge is 2.32. The lowest BCUT2D eigenvalue weighted by Gasteiger charge is -2.24. The second-order valence-electron chi connectivity index (χ2n) is 5.97. The Morgan fingerprint density at radius 2 is 1.84 bits per heavy atom. The molecule has 1 aliphatic rings. The van der Waals surface area contributed by atoms with Crippen molar-refractivity contribution in [1.82, 2.24) is 0 Å². The first-order valence-electron chi connectivity index (χ1n) is 7.90. The number of hydrogen-bond acceptors (Lipinski definition) is 3. The first-order chi connectivity index (χ1) is 12.1. The van der Waals surface area contributed by atoms with Gasteiger partial charge in [-0.05, 0) is 40.6 Å². The number of carbonyl (C=O) groups excluding carboxylic acids is 2. The summed E-state index contributed by atoms with van der Waals surface area (Å²) in [5.74, 6) is -1.67. The number of anilines is 1. The van der Waals surface area contributed by atoms with Crippen LogP contribution >= 0.6 is 0 Å². The number of benzene rings is 3. The highest BCUT2D eigenvalue weighted by molar-refractivity contribution is 6.00. The van der Waals surface area contributed by atoms with Crippen LogP contribution in [0.2, 0.25) is 0 Å². The standard InChI is InChI=1S/C20H14FNO3/c21-14-6-8-16-17(11-19(23)22-18(16)10-14)20(24)25-15-7-5-12-3-1-2-4-13(12)9-15/h1-10,17H,11H2,(H,22,23). The number of rotatable bonds is 2. The molecule has 124 valence electrons. The minimum absolute atomic E-state index is 0.0228. The molecule has 1 N–H and O–H groups in total. The number of hydrogen-bond donors (Lipinski definition) is 1. The van der Waals surface area contributed by atoms with Gasteiger partial charge in [-0.15, -0.1) is 0 Å². The third-order valence-electron chi connectivity index (χ3n) is 4.28. The maximum Gasteiger partial charge on any atom is 0.319 e. The summed E-state index contributed by atoms with van der Waals surface area (Å²) in [5.41, 5.74) is 0.878. The fourth-order valence-corrected chi connectivity index (χ4v) is 3.07. The third-order valence-corrected chi connectivity index (χ3v) is 4.28. The largest absolute Gasteiger partial charge is 0.426 e. The van der Waals surface area contributed by atoms with E-state index < -0.39 is 17.7 Å². The first kappa shape index (κ1) is 15.3. The predicted octanol–water partition coefficient (Wildman–Crippen LogP) is 4.01. The van der Waals surface area contributed by atoms with E-state index >= 15 is 0 Å². The lowest BCUT2D eigenvalue weighted by molar-refractivity contribution is -0.138. The summed E-state index contributed by atoms with van der Waals surface area (Å²) in [6, 6.07) is 17.1. The zero-order valence-corrected chi connectivity index (χ0v) is 13.2. The maximum absolute atomic E-state index is 13.4. The first-order valence-corrected chi connectivity index (χ1v) is 7.90. The molecule has 4 rings (SSSR count). The summed E-state index contributed by atoms with van der Waals surface area (Å²) in [6.45, 7) is 0. The third kappa shape index (κ3) is 2.96. The van der Waals surface area contributed by atoms with Gasteiger partial charge in [0.2, 0.25) is 5.91 Å². The minimum atomic E-state index is -0.754. The Bertz CT molecular complexity index is 999. The molecule has 0 bridgehead atoms. The summed E-state index contributed by atoms with van der Waals surface area (Å²) in [7, 11) is 0. The molecule has 5 heteroatoms. The Labute approximate surface area is 143 Å². The van der Waals surface area contributed by atoms with Gasteiger partial charge in [0, 0.05) is 12.1 Å². The molecule has 1 aliphatic heterocycles. The van der Waals surface area contributed by atoms with Crippen molar-refractivity contribution >= 4 is 28.3 Å². The van der Waals surface area contributed by atoms with E-state index in [9.17, 15) is 14.0 Å². The van der Waals surface area contributed by atoms with Crippen molar-refractivity contribution in [2.75, 3.05) is 5.32 Å². The Morgan fingerprint density at radius 1 is 1.04 bits per heavy atom. The van der Waals surface area contributed by atoms with Crippen LogP contribution in [0.5, 0.6) is 5.75 Å². The van der Waals surface area contributed by atoms with Gasteiger partial charge in [0.15, 0.2) is 0 Å². The van der Waals surface area contributed by atoms with Crippen LogP contribution in [0.3, 0.4) is 0 Å². The van der Waals surface area contributed by atoms with E-state index in [1.807, 2.05) is 30.3 Å². The SMILES string of the molecule is O=C1CC(C(=O)Oc2ccc3ccccc3c2)c2ccc(F)cc2N1. The predicted molar refractivity (Wildman–Crippen MR) is 92.0 cm³/mol. The molecule has 0 fully saturated rings. The van der Waals surface area contributed by atoms with Crippen LogP contribution in [0.1, 0.15) is 17.9 Å². The highest BCUT2D eigenvalue weighted by atomic mass is 19.1. The lowest BCUT2D eigenvalue weighted by atomic mass is 9.90. The van der Waals surface area contributed by atoms with E-state index in [0.717, 1.165) is 10.8 Å². The van der Waals surface area contributed by atoms with Gasteiger partial charge in [0.25, 0.3) is 0 Å². The van der Waals surface area contributed by atoms with Crippen molar-refractivity contribution in [1.29, 1.82) is 0 Å². The van der Waals surface area contributed by atoms with Crippen molar-refractivity contribution < 1.29 is 18.7 Å². The summed E-state index contributed by atoms with van der Waals surface area (Å²) in [5, 5.41) is 4.58. The van der Waals surface area contributed by atoms with E-state index in [2.05, 4.69) is 5.32 Å². The van der Waals surface area contributed by atoms with Crippen molar-refractivity contribution in [2.45, 2.75) is 12.3 Å². The van der Waals surface area contributed by atoms with Gasteiger partial charge >= 0.3 is 5.97 Å². The number of fused-ring (bicyclic) bond motifs is 2. The van der Waals surface area contributed by atoms with Crippen LogP contribution in [-0.2, 0) is 9.59 Å². The van der Waals surface area contributed by atoms with Crippen LogP contribution in [0, 0.1) is 5.82 Å². The Morgan fingerprint density at radius 3 is 2.68 bits per heavy atom. The molecule has 1 heterocycles. The van der Waals surface area contributed by atoms with Crippen molar-refractivity contribution in [3.8, 4) is 5.75 Å². The van der Waals surface area contributed by atoms with Crippen LogP contribution in [0.15, 0.2) is 60.7 Å². The van der Waals surface area contributed by atoms with Gasteiger partial charge in [-0.2, -0.15) is 0 Å². The Hall–Kier alpha value is -3.21. The second kappa shape index (κ2) is 6.02. The number of carbonyl (C=O) groups is 2. The molecule has 0 saturated heterocycles. The molecule has 25 heavy (non-hydrogen) atoms. The molecule has 0 aliphatic carbocycles. The molecule has 3 aromatic rings. The van der Waals surface area contributed by atoms with E-state index in [1.165, 1.54) is 18.2 Å². The molecule has 0 aromatic heterocycles. The van der Waals surface area contributed by atoms with Gasteiger partial charge in [-0.25, -0.2) is 4.39 Å². The zero-order chi connectivity index (χ0) is 17.4. The van der Waals surface area contributed by atoms with Gasteiger partial charge in [0.05, 0.1) is 5.92 Å². The number of amides is 1. The Balaban J connectivity index is 1.63. The quantitative estimate of drug-likeness (QED) is 0.569. The number of ether oxygens (including phenoxy) is 1. The van der Waals surface area contributed by atoms with Gasteiger partial charge in [-0.1, -0.05) is 36.4 Å². The molecule has 1 atom stereocenters. The fraction of sp³-hybridized carbons (Fsp3) is 0.100. The minimum Gasteiger partial charge on any atom is -0.426 e. The molecule has 0 saturated carbocycles. The summed E-state index contributed by atoms with van der Waals surface area (Å²) >= 11 is 0. The maximum atomic E-state index is 13.4. The number of halogens is 1. The molecule has 0 radical (unpaired) electrons.